The topological polar surface area (TPSA) is 43.8 Å². The number of carbonyl (C=O) groups is 1. The first-order valence-corrected chi connectivity index (χ1v) is 9.41. The maximum absolute atomic E-state index is 12.9. The lowest BCUT2D eigenvalue weighted by Crippen LogP contribution is -2.47. The normalized spacial score (nSPS) is 24.5. The molecule has 0 aromatic heterocycles. The molecule has 1 aromatic rings. The van der Waals surface area contributed by atoms with E-state index in [2.05, 4.69) is 11.8 Å². The molecule has 1 amide bonds. The first-order chi connectivity index (χ1) is 11.6. The second-order valence-electron chi connectivity index (χ2n) is 7.20. The van der Waals surface area contributed by atoms with Crippen LogP contribution in [0.2, 0.25) is 5.02 Å². The number of rotatable bonds is 4. The Morgan fingerprint density at radius 2 is 2.00 bits per heavy atom. The Balaban J connectivity index is 1.76. The summed E-state index contributed by atoms with van der Waals surface area (Å²) < 4.78 is 0. The van der Waals surface area contributed by atoms with Crippen molar-refractivity contribution in [3.8, 4) is 0 Å². The highest BCUT2D eigenvalue weighted by Crippen LogP contribution is 2.34. The predicted molar refractivity (Wildman–Crippen MR) is 97.8 cm³/mol. The number of benzene rings is 1. The number of amides is 1. The summed E-state index contributed by atoms with van der Waals surface area (Å²) in [4.78, 5) is 17.0. The molecular weight excluding hydrogens is 324 g/mol. The SMILES string of the molecule is CC[C@@]1(CO)CCCN(C(=O)c2ccc(N3CCCC3)c(Cl)c2)C1. The molecule has 2 heterocycles. The van der Waals surface area contributed by atoms with Gasteiger partial charge < -0.3 is 14.9 Å². The largest absolute Gasteiger partial charge is 0.396 e. The summed E-state index contributed by atoms with van der Waals surface area (Å²) >= 11 is 6.45. The first kappa shape index (κ1) is 17.6. The monoisotopic (exact) mass is 350 g/mol. The van der Waals surface area contributed by atoms with Crippen LogP contribution in [0.5, 0.6) is 0 Å². The van der Waals surface area contributed by atoms with Crippen LogP contribution in [-0.4, -0.2) is 48.7 Å². The van der Waals surface area contributed by atoms with Crippen molar-refractivity contribution in [2.45, 2.75) is 39.0 Å². The summed E-state index contributed by atoms with van der Waals surface area (Å²) in [5.74, 6) is 0.0239. The maximum Gasteiger partial charge on any atom is 0.253 e. The molecule has 0 bridgehead atoms. The number of anilines is 1. The molecule has 0 unspecified atom stereocenters. The number of likely N-dealkylation sites (tertiary alicyclic amines) is 1. The number of carbonyl (C=O) groups excluding carboxylic acids is 1. The lowest BCUT2D eigenvalue weighted by Gasteiger charge is -2.41. The van der Waals surface area contributed by atoms with Crippen LogP contribution in [-0.2, 0) is 0 Å². The van der Waals surface area contributed by atoms with E-state index in [4.69, 9.17) is 11.6 Å². The second kappa shape index (κ2) is 7.32. The highest BCUT2D eigenvalue weighted by Gasteiger charge is 2.35. The molecule has 1 N–H and O–H groups in total. The van der Waals surface area contributed by atoms with Crippen LogP contribution in [0, 0.1) is 5.41 Å². The average Bonchev–Trinajstić information content (AvgIpc) is 3.15. The number of hydrogen-bond donors (Lipinski definition) is 1. The van der Waals surface area contributed by atoms with E-state index in [0.29, 0.717) is 17.1 Å². The van der Waals surface area contributed by atoms with Crippen LogP contribution in [0.25, 0.3) is 0 Å². The van der Waals surface area contributed by atoms with Crippen LogP contribution >= 0.6 is 11.6 Å². The van der Waals surface area contributed by atoms with Gasteiger partial charge in [0.05, 0.1) is 17.3 Å². The van der Waals surface area contributed by atoms with Gasteiger partial charge in [-0.15, -0.1) is 0 Å². The van der Waals surface area contributed by atoms with E-state index in [-0.39, 0.29) is 17.9 Å². The minimum absolute atomic E-state index is 0.0239. The molecule has 4 nitrogen and oxygen atoms in total. The zero-order valence-electron chi connectivity index (χ0n) is 14.4. The van der Waals surface area contributed by atoms with Crippen molar-refractivity contribution in [2.75, 3.05) is 37.7 Å². The van der Waals surface area contributed by atoms with E-state index in [0.717, 1.165) is 44.6 Å². The molecule has 0 spiro atoms. The van der Waals surface area contributed by atoms with Gasteiger partial charge in [-0.2, -0.15) is 0 Å². The third-order valence-corrected chi connectivity index (χ3v) is 5.98. The van der Waals surface area contributed by atoms with Crippen LogP contribution in [0.15, 0.2) is 18.2 Å². The van der Waals surface area contributed by atoms with Gasteiger partial charge in [0.25, 0.3) is 5.91 Å². The maximum atomic E-state index is 12.9. The zero-order chi connectivity index (χ0) is 17.2. The standard InChI is InChI=1S/C19H27ClN2O2/c1-2-19(14-23)8-5-11-22(13-19)18(24)15-6-7-17(16(20)12-15)21-9-3-4-10-21/h6-7,12,23H,2-5,8-11,13-14H2,1H3/t19-/m1/s1. The second-order valence-corrected chi connectivity index (χ2v) is 7.61. The Bertz CT molecular complexity index is 595. The molecule has 2 saturated heterocycles. The van der Waals surface area contributed by atoms with E-state index in [9.17, 15) is 9.90 Å². The first-order valence-electron chi connectivity index (χ1n) is 9.03. The third-order valence-electron chi connectivity index (χ3n) is 5.68. The molecular formula is C19H27ClN2O2. The fourth-order valence-corrected chi connectivity index (χ4v) is 4.25. The number of piperidine rings is 1. The molecule has 3 rings (SSSR count). The summed E-state index contributed by atoms with van der Waals surface area (Å²) in [6.45, 7) is 5.69. The Morgan fingerprint density at radius 1 is 1.25 bits per heavy atom. The van der Waals surface area contributed by atoms with Crippen molar-refractivity contribution < 1.29 is 9.90 Å². The molecule has 24 heavy (non-hydrogen) atoms. The smallest absolute Gasteiger partial charge is 0.253 e. The van der Waals surface area contributed by atoms with E-state index < -0.39 is 0 Å². The molecule has 2 fully saturated rings. The fraction of sp³-hybridized carbons (Fsp3) is 0.632. The average molecular weight is 351 g/mol. The highest BCUT2D eigenvalue weighted by atomic mass is 35.5. The van der Waals surface area contributed by atoms with Crippen LogP contribution < -0.4 is 4.90 Å². The summed E-state index contributed by atoms with van der Waals surface area (Å²) in [5.41, 5.74) is 1.53. The Kier molecular flexibility index (Phi) is 5.36. The number of nitrogens with zero attached hydrogens (tertiary/aromatic N) is 2. The third kappa shape index (κ3) is 3.40. The van der Waals surface area contributed by atoms with Crippen molar-refractivity contribution >= 4 is 23.2 Å². The molecule has 1 aromatic carbocycles. The van der Waals surface area contributed by atoms with Gasteiger partial charge in [-0.05, 0) is 50.3 Å². The van der Waals surface area contributed by atoms with Crippen LogP contribution in [0.4, 0.5) is 5.69 Å². The van der Waals surface area contributed by atoms with Gasteiger partial charge in [-0.3, -0.25) is 4.79 Å². The summed E-state index contributed by atoms with van der Waals surface area (Å²) in [7, 11) is 0. The lowest BCUT2D eigenvalue weighted by molar-refractivity contribution is 0.0252. The Hall–Kier alpha value is -1.26. The number of aliphatic hydroxyl groups is 1. The molecule has 2 aliphatic rings. The molecule has 132 valence electrons. The molecule has 0 saturated carbocycles. The highest BCUT2D eigenvalue weighted by molar-refractivity contribution is 6.33. The van der Waals surface area contributed by atoms with Gasteiger partial charge in [0.2, 0.25) is 0 Å². The summed E-state index contributed by atoms with van der Waals surface area (Å²) in [6, 6.07) is 5.67. The van der Waals surface area contributed by atoms with Crippen molar-refractivity contribution in [2.24, 2.45) is 5.41 Å². The van der Waals surface area contributed by atoms with Crippen molar-refractivity contribution in [3.63, 3.8) is 0 Å². The van der Waals surface area contributed by atoms with Crippen molar-refractivity contribution in [1.29, 1.82) is 0 Å². The molecule has 0 radical (unpaired) electrons. The number of hydrogen-bond acceptors (Lipinski definition) is 3. The molecule has 0 aliphatic carbocycles. The minimum Gasteiger partial charge on any atom is -0.396 e. The van der Waals surface area contributed by atoms with Crippen molar-refractivity contribution in [1.82, 2.24) is 4.90 Å². The van der Waals surface area contributed by atoms with Crippen LogP contribution in [0.3, 0.4) is 0 Å². The summed E-state index contributed by atoms with van der Waals surface area (Å²) in [6.07, 6.45) is 5.22. The van der Waals surface area contributed by atoms with E-state index in [1.165, 1.54) is 12.8 Å². The van der Waals surface area contributed by atoms with Gasteiger partial charge in [0.15, 0.2) is 0 Å². The van der Waals surface area contributed by atoms with Crippen LogP contribution in [0.1, 0.15) is 49.4 Å². The summed E-state index contributed by atoms with van der Waals surface area (Å²) in [5, 5.41) is 10.4. The van der Waals surface area contributed by atoms with Gasteiger partial charge in [-0.25, -0.2) is 0 Å². The van der Waals surface area contributed by atoms with Gasteiger partial charge in [-0.1, -0.05) is 18.5 Å². The van der Waals surface area contributed by atoms with Gasteiger partial charge >= 0.3 is 0 Å². The minimum atomic E-state index is -0.146. The van der Waals surface area contributed by atoms with Gasteiger partial charge in [0.1, 0.15) is 0 Å². The van der Waals surface area contributed by atoms with E-state index >= 15 is 0 Å². The van der Waals surface area contributed by atoms with E-state index in [1.807, 2.05) is 17.0 Å². The Labute approximate surface area is 149 Å². The Morgan fingerprint density at radius 3 is 2.62 bits per heavy atom. The molecule has 2 aliphatic heterocycles. The molecule has 1 atom stereocenters. The van der Waals surface area contributed by atoms with Gasteiger partial charge in [0, 0.05) is 37.2 Å². The molecule has 5 heteroatoms. The van der Waals surface area contributed by atoms with Crippen molar-refractivity contribution in [3.05, 3.63) is 28.8 Å². The number of aliphatic hydroxyl groups excluding tert-OH is 1. The van der Waals surface area contributed by atoms with E-state index in [1.54, 1.807) is 6.07 Å². The quantitative estimate of drug-likeness (QED) is 0.902. The fourth-order valence-electron chi connectivity index (χ4n) is 3.95. The zero-order valence-corrected chi connectivity index (χ0v) is 15.2. The lowest BCUT2D eigenvalue weighted by atomic mass is 9.78. The number of halogens is 1. The predicted octanol–water partition coefficient (Wildman–Crippen LogP) is 3.56.